The molecule has 0 amide bonds. The van der Waals surface area contributed by atoms with E-state index in [0.29, 0.717) is 6.04 Å². The first kappa shape index (κ1) is 10.8. The van der Waals surface area contributed by atoms with Crippen LogP contribution < -0.4 is 4.74 Å². The summed E-state index contributed by atoms with van der Waals surface area (Å²) >= 11 is 0. The molecule has 0 spiro atoms. The van der Waals surface area contributed by atoms with Gasteiger partial charge in [-0.3, -0.25) is 4.90 Å². The van der Waals surface area contributed by atoms with Crippen LogP contribution in [0.1, 0.15) is 18.9 Å². The third-order valence-corrected chi connectivity index (χ3v) is 4.09. The van der Waals surface area contributed by atoms with Gasteiger partial charge in [-0.1, -0.05) is 25.1 Å². The zero-order chi connectivity index (χ0) is 11.8. The number of likely N-dealkylation sites (tertiary alicyclic amines) is 1. The molecule has 1 aromatic carbocycles. The summed E-state index contributed by atoms with van der Waals surface area (Å²) in [5, 5.41) is 0. The van der Waals surface area contributed by atoms with Gasteiger partial charge < -0.3 is 4.74 Å². The lowest BCUT2D eigenvalue weighted by Gasteiger charge is -2.24. The smallest absolute Gasteiger partial charge is 0.118 e. The lowest BCUT2D eigenvalue weighted by Crippen LogP contribution is -2.30. The van der Waals surface area contributed by atoms with Crippen molar-refractivity contribution in [3.8, 4) is 5.75 Å². The molecule has 2 aliphatic rings. The van der Waals surface area contributed by atoms with Gasteiger partial charge in [-0.15, -0.1) is 0 Å². The van der Waals surface area contributed by atoms with Gasteiger partial charge in [0.25, 0.3) is 0 Å². The van der Waals surface area contributed by atoms with Gasteiger partial charge in [-0.25, -0.2) is 0 Å². The largest absolute Gasteiger partial charge is 0.497 e. The maximum atomic E-state index is 5.20. The molecule has 0 saturated carbocycles. The highest BCUT2D eigenvalue weighted by Crippen LogP contribution is 2.42. The molecule has 17 heavy (non-hydrogen) atoms. The van der Waals surface area contributed by atoms with E-state index in [1.54, 1.807) is 12.7 Å². The molecule has 3 rings (SSSR count). The van der Waals surface area contributed by atoms with Crippen molar-refractivity contribution in [1.29, 1.82) is 0 Å². The van der Waals surface area contributed by atoms with Gasteiger partial charge in [0.05, 0.1) is 7.11 Å². The van der Waals surface area contributed by atoms with Crippen molar-refractivity contribution < 1.29 is 4.74 Å². The molecule has 0 N–H and O–H groups in total. The Labute approximate surface area is 103 Å². The van der Waals surface area contributed by atoms with Crippen molar-refractivity contribution in [3.05, 3.63) is 35.9 Å². The van der Waals surface area contributed by atoms with Crippen LogP contribution in [0, 0.1) is 5.92 Å². The molecule has 2 unspecified atom stereocenters. The van der Waals surface area contributed by atoms with Gasteiger partial charge in [0.2, 0.25) is 0 Å². The highest BCUT2D eigenvalue weighted by Gasteiger charge is 2.37. The summed E-state index contributed by atoms with van der Waals surface area (Å²) in [7, 11) is 1.71. The minimum atomic E-state index is 0.683. The van der Waals surface area contributed by atoms with Crippen molar-refractivity contribution in [3.63, 3.8) is 0 Å². The Kier molecular flexibility index (Phi) is 2.67. The second kappa shape index (κ2) is 4.19. The second-order valence-corrected chi connectivity index (χ2v) is 4.94. The molecule has 1 saturated heterocycles. The molecule has 0 aromatic heterocycles. The van der Waals surface area contributed by atoms with Crippen molar-refractivity contribution in [2.45, 2.75) is 19.4 Å². The summed E-state index contributed by atoms with van der Waals surface area (Å²) in [6, 6.07) is 9.16. The van der Waals surface area contributed by atoms with E-state index in [1.165, 1.54) is 25.1 Å². The van der Waals surface area contributed by atoms with Crippen LogP contribution in [-0.2, 0) is 0 Å². The predicted molar refractivity (Wildman–Crippen MR) is 70.1 cm³/mol. The Morgan fingerprint density at radius 2 is 2.06 bits per heavy atom. The molecule has 1 fully saturated rings. The lowest BCUT2D eigenvalue weighted by atomic mass is 9.95. The third-order valence-electron chi connectivity index (χ3n) is 4.09. The fraction of sp³-hybridized carbons (Fsp3) is 0.467. The molecule has 90 valence electrons. The number of fused-ring (bicyclic) bond motifs is 2. The van der Waals surface area contributed by atoms with Crippen LogP contribution in [0.4, 0.5) is 0 Å². The van der Waals surface area contributed by atoms with E-state index < -0.39 is 0 Å². The van der Waals surface area contributed by atoms with Gasteiger partial charge in [0.15, 0.2) is 0 Å². The minimum absolute atomic E-state index is 0.683. The first-order valence-corrected chi connectivity index (χ1v) is 6.42. The summed E-state index contributed by atoms with van der Waals surface area (Å²) in [6.07, 6.45) is 3.77. The fourth-order valence-electron chi connectivity index (χ4n) is 3.15. The van der Waals surface area contributed by atoms with Crippen molar-refractivity contribution in [2.75, 3.05) is 20.2 Å². The molecule has 2 nitrogen and oxygen atoms in total. The fourth-order valence-corrected chi connectivity index (χ4v) is 3.15. The average molecular weight is 229 g/mol. The number of rotatable bonds is 3. The maximum Gasteiger partial charge on any atom is 0.118 e. The van der Waals surface area contributed by atoms with Crippen molar-refractivity contribution >= 4 is 5.57 Å². The van der Waals surface area contributed by atoms with E-state index in [-0.39, 0.29) is 0 Å². The number of ether oxygens (including phenoxy) is 1. The van der Waals surface area contributed by atoms with E-state index in [0.717, 1.165) is 11.7 Å². The Balaban J connectivity index is 1.84. The van der Waals surface area contributed by atoms with Gasteiger partial charge in [0, 0.05) is 12.6 Å². The molecule has 2 heteroatoms. The zero-order valence-electron chi connectivity index (χ0n) is 10.5. The summed E-state index contributed by atoms with van der Waals surface area (Å²) in [6.45, 7) is 4.66. The quantitative estimate of drug-likeness (QED) is 0.790. The molecule has 1 aromatic rings. The molecular formula is C15H19NO. The van der Waals surface area contributed by atoms with Crippen molar-refractivity contribution in [1.82, 2.24) is 4.90 Å². The standard InChI is InChI=1S/C15H19NO/c1-3-16-10-12-8-13(16)9-15(12)11-4-6-14(17-2)7-5-11/h4-7,9,12-13H,3,8,10H2,1-2H3. The van der Waals surface area contributed by atoms with Crippen LogP contribution in [0.25, 0.3) is 5.57 Å². The second-order valence-electron chi connectivity index (χ2n) is 4.94. The monoisotopic (exact) mass is 229 g/mol. The number of hydrogen-bond acceptors (Lipinski definition) is 2. The number of benzene rings is 1. The lowest BCUT2D eigenvalue weighted by molar-refractivity contribution is 0.297. The molecule has 1 heterocycles. The van der Waals surface area contributed by atoms with Gasteiger partial charge in [-0.05, 0) is 42.2 Å². The van der Waals surface area contributed by atoms with Crippen LogP contribution in [0.5, 0.6) is 5.75 Å². The number of hydrogen-bond donors (Lipinski definition) is 0. The Bertz CT molecular complexity index is 435. The zero-order valence-corrected chi connectivity index (χ0v) is 10.5. The average Bonchev–Trinajstić information content (AvgIpc) is 2.98. The summed E-state index contributed by atoms with van der Waals surface area (Å²) in [4.78, 5) is 2.57. The van der Waals surface area contributed by atoms with Gasteiger partial charge in [0.1, 0.15) is 5.75 Å². The van der Waals surface area contributed by atoms with E-state index in [4.69, 9.17) is 4.74 Å². The minimum Gasteiger partial charge on any atom is -0.497 e. The highest BCUT2D eigenvalue weighted by molar-refractivity contribution is 5.72. The van der Waals surface area contributed by atoms with Crippen LogP contribution in [0.3, 0.4) is 0 Å². The van der Waals surface area contributed by atoms with E-state index in [9.17, 15) is 0 Å². The molecule has 0 radical (unpaired) electrons. The Hall–Kier alpha value is -1.28. The van der Waals surface area contributed by atoms with Crippen LogP contribution in [-0.4, -0.2) is 31.1 Å². The molecule has 2 atom stereocenters. The van der Waals surface area contributed by atoms with Gasteiger partial charge in [-0.2, -0.15) is 0 Å². The Morgan fingerprint density at radius 1 is 1.29 bits per heavy atom. The summed E-state index contributed by atoms with van der Waals surface area (Å²) < 4.78 is 5.20. The number of nitrogens with zero attached hydrogens (tertiary/aromatic N) is 1. The van der Waals surface area contributed by atoms with E-state index >= 15 is 0 Å². The van der Waals surface area contributed by atoms with Gasteiger partial charge >= 0.3 is 0 Å². The summed E-state index contributed by atoms with van der Waals surface area (Å²) in [5.74, 6) is 1.68. The van der Waals surface area contributed by atoms with E-state index in [1.807, 2.05) is 0 Å². The maximum absolute atomic E-state index is 5.20. The van der Waals surface area contributed by atoms with Crippen LogP contribution >= 0.6 is 0 Å². The number of methoxy groups -OCH3 is 1. The molecular weight excluding hydrogens is 210 g/mol. The van der Waals surface area contributed by atoms with Crippen LogP contribution in [0.2, 0.25) is 0 Å². The third kappa shape index (κ3) is 1.77. The molecule has 1 aliphatic heterocycles. The predicted octanol–water partition coefficient (Wildman–Crippen LogP) is 2.80. The first-order chi connectivity index (χ1) is 8.31. The molecule has 2 bridgehead atoms. The first-order valence-electron chi connectivity index (χ1n) is 6.42. The normalized spacial score (nSPS) is 27.3. The van der Waals surface area contributed by atoms with E-state index in [2.05, 4.69) is 42.2 Å². The van der Waals surface area contributed by atoms with Crippen molar-refractivity contribution in [2.24, 2.45) is 5.92 Å². The Morgan fingerprint density at radius 3 is 2.59 bits per heavy atom. The molecule has 1 aliphatic carbocycles. The summed E-state index contributed by atoms with van der Waals surface area (Å²) in [5.41, 5.74) is 2.91. The van der Waals surface area contributed by atoms with Crippen LogP contribution in [0.15, 0.2) is 30.3 Å². The number of likely N-dealkylation sites (N-methyl/N-ethyl adjacent to an activating group) is 1. The SMILES string of the molecule is CCN1CC2CC1C=C2c1ccc(OC)cc1. The highest BCUT2D eigenvalue weighted by atomic mass is 16.5. The topological polar surface area (TPSA) is 12.5 Å².